The molecule has 5 nitrogen and oxygen atoms in total. The number of para-hydroxylation sites is 2. The Morgan fingerprint density at radius 2 is 1.89 bits per heavy atom. The lowest BCUT2D eigenvalue weighted by Crippen LogP contribution is -2.33. The molecule has 1 aromatic heterocycles. The zero-order valence-corrected chi connectivity index (χ0v) is 15.6. The summed E-state index contributed by atoms with van der Waals surface area (Å²) in [7, 11) is 1.66. The van der Waals surface area contributed by atoms with Crippen molar-refractivity contribution in [3.8, 4) is 5.75 Å². The Labute approximate surface area is 160 Å². The number of nitrogens with one attached hydrogen (secondary N) is 1. The number of aromatic nitrogens is 2. The lowest BCUT2D eigenvalue weighted by Gasteiger charge is -2.28. The molecule has 5 heteroatoms. The molecule has 138 valence electrons. The lowest BCUT2D eigenvalue weighted by molar-refractivity contribution is 0.254. The first-order chi connectivity index (χ1) is 13.3. The molecule has 0 fully saturated rings. The number of benzene rings is 2. The van der Waals surface area contributed by atoms with Crippen LogP contribution in [0.3, 0.4) is 0 Å². The molecule has 0 saturated heterocycles. The van der Waals surface area contributed by atoms with Gasteiger partial charge in [-0.05, 0) is 24.1 Å². The van der Waals surface area contributed by atoms with E-state index in [1.807, 2.05) is 30.5 Å². The first-order valence-electron chi connectivity index (χ1n) is 9.33. The van der Waals surface area contributed by atoms with Gasteiger partial charge in [-0.25, -0.2) is 9.97 Å². The van der Waals surface area contributed by atoms with E-state index >= 15 is 0 Å². The van der Waals surface area contributed by atoms with Gasteiger partial charge < -0.3 is 10.1 Å². The Hall–Kier alpha value is -2.92. The molecular formula is C22H24N4O. The van der Waals surface area contributed by atoms with Crippen LogP contribution >= 0.6 is 0 Å². The predicted molar refractivity (Wildman–Crippen MR) is 107 cm³/mol. The third-order valence-electron chi connectivity index (χ3n) is 4.93. The van der Waals surface area contributed by atoms with Gasteiger partial charge in [-0.1, -0.05) is 42.5 Å². The van der Waals surface area contributed by atoms with Crippen molar-refractivity contribution in [2.45, 2.75) is 19.4 Å². The normalized spacial score (nSPS) is 13.8. The van der Waals surface area contributed by atoms with Crippen LogP contribution in [0.25, 0.3) is 0 Å². The Morgan fingerprint density at radius 1 is 1.07 bits per heavy atom. The van der Waals surface area contributed by atoms with Gasteiger partial charge in [0.2, 0.25) is 5.95 Å². The average Bonchev–Trinajstić information content (AvgIpc) is 2.73. The summed E-state index contributed by atoms with van der Waals surface area (Å²) in [4.78, 5) is 11.7. The number of ether oxygens (including phenoxy) is 1. The minimum atomic E-state index is 0.621. The van der Waals surface area contributed by atoms with Crippen molar-refractivity contribution in [2.24, 2.45) is 0 Å². The van der Waals surface area contributed by atoms with Crippen LogP contribution in [0.5, 0.6) is 5.75 Å². The molecule has 0 atom stereocenters. The topological polar surface area (TPSA) is 50.3 Å². The molecule has 0 aliphatic carbocycles. The molecule has 0 bridgehead atoms. The van der Waals surface area contributed by atoms with Gasteiger partial charge in [0.1, 0.15) is 5.75 Å². The van der Waals surface area contributed by atoms with E-state index in [0.29, 0.717) is 5.95 Å². The zero-order chi connectivity index (χ0) is 18.5. The van der Waals surface area contributed by atoms with E-state index in [1.54, 1.807) is 7.11 Å². The molecule has 0 saturated carbocycles. The minimum Gasteiger partial charge on any atom is -0.495 e. The van der Waals surface area contributed by atoms with Crippen molar-refractivity contribution < 1.29 is 4.74 Å². The smallest absolute Gasteiger partial charge is 0.227 e. The third kappa shape index (κ3) is 4.26. The average molecular weight is 360 g/mol. The number of rotatable bonds is 6. The van der Waals surface area contributed by atoms with Crippen molar-refractivity contribution in [1.29, 1.82) is 0 Å². The fourth-order valence-corrected chi connectivity index (χ4v) is 3.43. The summed E-state index contributed by atoms with van der Waals surface area (Å²) < 4.78 is 5.38. The molecule has 27 heavy (non-hydrogen) atoms. The number of hydrogen-bond donors (Lipinski definition) is 1. The van der Waals surface area contributed by atoms with E-state index in [2.05, 4.69) is 45.5 Å². The van der Waals surface area contributed by atoms with Crippen molar-refractivity contribution in [3.63, 3.8) is 0 Å². The molecule has 2 heterocycles. The molecule has 1 aliphatic heterocycles. The monoisotopic (exact) mass is 360 g/mol. The van der Waals surface area contributed by atoms with Gasteiger partial charge in [-0.3, -0.25) is 4.90 Å². The maximum absolute atomic E-state index is 5.38. The van der Waals surface area contributed by atoms with Crippen LogP contribution in [-0.4, -0.2) is 35.1 Å². The summed E-state index contributed by atoms with van der Waals surface area (Å²) in [6, 6.07) is 18.5. The van der Waals surface area contributed by atoms with Crippen molar-refractivity contribution >= 4 is 11.6 Å². The number of methoxy groups -OCH3 is 1. The van der Waals surface area contributed by atoms with Crippen LogP contribution in [0.1, 0.15) is 16.8 Å². The maximum Gasteiger partial charge on any atom is 0.227 e. The van der Waals surface area contributed by atoms with Gasteiger partial charge >= 0.3 is 0 Å². The fraction of sp³-hybridized carbons (Fsp3) is 0.273. The number of hydrogen-bond acceptors (Lipinski definition) is 5. The van der Waals surface area contributed by atoms with Crippen LogP contribution in [0.15, 0.2) is 60.8 Å². The maximum atomic E-state index is 5.38. The third-order valence-corrected chi connectivity index (χ3v) is 4.93. The zero-order valence-electron chi connectivity index (χ0n) is 15.6. The first-order valence-corrected chi connectivity index (χ1v) is 9.33. The van der Waals surface area contributed by atoms with Crippen LogP contribution in [0.2, 0.25) is 0 Å². The second kappa shape index (κ2) is 8.18. The van der Waals surface area contributed by atoms with Gasteiger partial charge in [0.25, 0.3) is 0 Å². The summed E-state index contributed by atoms with van der Waals surface area (Å²) in [6.07, 6.45) is 3.98. The Kier molecular flexibility index (Phi) is 5.30. The van der Waals surface area contributed by atoms with E-state index in [1.165, 1.54) is 11.1 Å². The Morgan fingerprint density at radius 3 is 2.74 bits per heavy atom. The summed E-state index contributed by atoms with van der Waals surface area (Å²) in [5.41, 5.74) is 4.62. The van der Waals surface area contributed by atoms with E-state index in [4.69, 9.17) is 9.72 Å². The fourth-order valence-electron chi connectivity index (χ4n) is 3.43. The largest absolute Gasteiger partial charge is 0.495 e. The van der Waals surface area contributed by atoms with Crippen molar-refractivity contribution in [2.75, 3.05) is 25.5 Å². The number of fused-ring (bicyclic) bond motifs is 1. The Bertz CT molecular complexity index is 898. The molecule has 0 unspecified atom stereocenters. The van der Waals surface area contributed by atoms with Gasteiger partial charge in [0, 0.05) is 37.8 Å². The molecule has 1 N–H and O–H groups in total. The Balaban J connectivity index is 1.40. The van der Waals surface area contributed by atoms with Gasteiger partial charge in [0.05, 0.1) is 18.5 Å². The number of nitrogens with zero attached hydrogens (tertiary/aromatic N) is 3. The van der Waals surface area contributed by atoms with E-state index < -0.39 is 0 Å². The van der Waals surface area contributed by atoms with Crippen LogP contribution < -0.4 is 10.1 Å². The molecule has 0 amide bonds. The molecule has 0 radical (unpaired) electrons. The summed E-state index contributed by atoms with van der Waals surface area (Å²) in [5.74, 6) is 1.40. The highest BCUT2D eigenvalue weighted by Gasteiger charge is 2.18. The highest BCUT2D eigenvalue weighted by atomic mass is 16.5. The van der Waals surface area contributed by atoms with Crippen molar-refractivity contribution in [3.05, 3.63) is 77.6 Å². The van der Waals surface area contributed by atoms with Crippen LogP contribution in [0, 0.1) is 0 Å². The van der Waals surface area contributed by atoms with Gasteiger partial charge in [-0.15, -0.1) is 0 Å². The van der Waals surface area contributed by atoms with E-state index in [9.17, 15) is 0 Å². The summed E-state index contributed by atoms with van der Waals surface area (Å²) in [5, 5.41) is 3.27. The number of anilines is 2. The summed E-state index contributed by atoms with van der Waals surface area (Å²) in [6.45, 7) is 3.01. The minimum absolute atomic E-state index is 0.621. The first kappa shape index (κ1) is 17.5. The second-order valence-corrected chi connectivity index (χ2v) is 6.75. The molecule has 2 aromatic carbocycles. The molecule has 3 aromatic rings. The standard InChI is InChI=1S/C22H24N4O/c1-27-21-10-6-5-9-20(21)25-22-23-15-18-16-26(14-12-19(18)24-22)13-11-17-7-3-2-4-8-17/h2-10,15H,11-14,16H2,1H3,(H,23,24,25). The molecule has 0 spiro atoms. The van der Waals surface area contributed by atoms with Crippen LogP contribution in [0.4, 0.5) is 11.6 Å². The predicted octanol–water partition coefficient (Wildman–Crippen LogP) is 3.83. The SMILES string of the molecule is COc1ccccc1Nc1ncc2c(n1)CCN(CCc1ccccc1)C2. The van der Waals surface area contributed by atoms with E-state index in [0.717, 1.165) is 49.6 Å². The highest BCUT2D eigenvalue weighted by Crippen LogP contribution is 2.26. The highest BCUT2D eigenvalue weighted by molar-refractivity contribution is 5.62. The van der Waals surface area contributed by atoms with Gasteiger partial charge in [0.15, 0.2) is 0 Å². The van der Waals surface area contributed by atoms with Crippen LogP contribution in [-0.2, 0) is 19.4 Å². The van der Waals surface area contributed by atoms with Gasteiger partial charge in [-0.2, -0.15) is 0 Å². The quantitative estimate of drug-likeness (QED) is 0.724. The molecule has 4 rings (SSSR count). The van der Waals surface area contributed by atoms with Crippen molar-refractivity contribution in [1.82, 2.24) is 14.9 Å². The van der Waals surface area contributed by atoms with E-state index in [-0.39, 0.29) is 0 Å². The lowest BCUT2D eigenvalue weighted by atomic mass is 10.1. The second-order valence-electron chi connectivity index (χ2n) is 6.75. The molecular weight excluding hydrogens is 336 g/mol. The molecule has 1 aliphatic rings. The summed E-state index contributed by atoms with van der Waals surface area (Å²) >= 11 is 0.